The minimum Gasteiger partial charge on any atom is -0.206 e. The molecule has 0 spiro atoms. The zero-order valence-electron chi connectivity index (χ0n) is 5.99. The first kappa shape index (κ1) is 8.29. The Balaban J connectivity index is 3.12. The van der Waals surface area contributed by atoms with Gasteiger partial charge in [0.1, 0.15) is 5.82 Å². The third-order valence-electron chi connectivity index (χ3n) is 1.19. The monoisotopic (exact) mass is 212 g/mol. The van der Waals surface area contributed by atoms with E-state index >= 15 is 0 Å². The van der Waals surface area contributed by atoms with Crippen molar-refractivity contribution in [2.45, 2.75) is 6.92 Å². The van der Waals surface area contributed by atoms with E-state index in [0.717, 1.165) is 5.56 Å². The van der Waals surface area contributed by atoms with Crippen LogP contribution in [0.5, 0.6) is 0 Å². The number of halogens is 2. The van der Waals surface area contributed by atoms with Gasteiger partial charge in [-0.15, -0.1) is 5.92 Å². The lowest BCUT2D eigenvalue weighted by Gasteiger charge is -1.93. The molecule has 1 aromatic carbocycles. The van der Waals surface area contributed by atoms with Crippen molar-refractivity contribution < 1.29 is 4.39 Å². The Morgan fingerprint density at radius 2 is 2.18 bits per heavy atom. The minimum absolute atomic E-state index is 0.258. The highest BCUT2D eigenvalue weighted by atomic mass is 79.9. The van der Waals surface area contributed by atoms with Crippen LogP contribution in [0.15, 0.2) is 22.7 Å². The lowest BCUT2D eigenvalue weighted by Crippen LogP contribution is -1.78. The Morgan fingerprint density at radius 3 is 2.73 bits per heavy atom. The summed E-state index contributed by atoms with van der Waals surface area (Å²) in [4.78, 5) is 0. The van der Waals surface area contributed by atoms with Crippen LogP contribution in [-0.4, -0.2) is 0 Å². The zero-order valence-corrected chi connectivity index (χ0v) is 7.57. The van der Waals surface area contributed by atoms with Crippen LogP contribution >= 0.6 is 15.9 Å². The van der Waals surface area contributed by atoms with Crippen molar-refractivity contribution in [1.29, 1.82) is 0 Å². The van der Waals surface area contributed by atoms with Crippen molar-refractivity contribution in [1.82, 2.24) is 0 Å². The summed E-state index contributed by atoms with van der Waals surface area (Å²) < 4.78 is 13.1. The van der Waals surface area contributed by atoms with E-state index < -0.39 is 0 Å². The predicted octanol–water partition coefficient (Wildman–Crippen LogP) is 2.96. The van der Waals surface area contributed by atoms with E-state index in [-0.39, 0.29) is 5.82 Å². The van der Waals surface area contributed by atoms with Crippen LogP contribution < -0.4 is 0 Å². The van der Waals surface area contributed by atoms with Crippen LogP contribution in [0.1, 0.15) is 12.5 Å². The topological polar surface area (TPSA) is 0 Å². The van der Waals surface area contributed by atoms with E-state index in [2.05, 4.69) is 27.8 Å². The van der Waals surface area contributed by atoms with Gasteiger partial charge in [0.05, 0.1) is 4.47 Å². The van der Waals surface area contributed by atoms with E-state index in [4.69, 9.17) is 0 Å². The van der Waals surface area contributed by atoms with E-state index in [0.29, 0.717) is 4.47 Å². The summed E-state index contributed by atoms with van der Waals surface area (Å²) in [6, 6.07) is 4.70. The Labute approximate surface area is 73.6 Å². The largest absolute Gasteiger partial charge is 0.206 e. The summed E-state index contributed by atoms with van der Waals surface area (Å²) in [6.45, 7) is 1.75. The molecule has 0 fully saturated rings. The third-order valence-corrected chi connectivity index (χ3v) is 1.80. The molecule has 0 N–H and O–H groups in total. The molecule has 0 aromatic heterocycles. The highest BCUT2D eigenvalue weighted by Crippen LogP contribution is 2.15. The molecule has 1 rings (SSSR count). The van der Waals surface area contributed by atoms with Crippen molar-refractivity contribution in [2.24, 2.45) is 0 Å². The molecule has 1 aromatic rings. The first-order valence-electron chi connectivity index (χ1n) is 3.12. The summed E-state index contributed by atoms with van der Waals surface area (Å²) in [6.07, 6.45) is 0. The second kappa shape index (κ2) is 3.54. The van der Waals surface area contributed by atoms with Crippen LogP contribution in [0.25, 0.3) is 0 Å². The molecule has 0 nitrogen and oxygen atoms in total. The molecule has 0 heterocycles. The molecule has 0 aliphatic carbocycles. The first-order valence-corrected chi connectivity index (χ1v) is 3.91. The van der Waals surface area contributed by atoms with Crippen LogP contribution in [0.3, 0.4) is 0 Å². The van der Waals surface area contributed by atoms with Gasteiger partial charge >= 0.3 is 0 Å². The Morgan fingerprint density at radius 1 is 1.45 bits per heavy atom. The maximum Gasteiger partial charge on any atom is 0.137 e. The van der Waals surface area contributed by atoms with Crippen molar-refractivity contribution in [3.63, 3.8) is 0 Å². The molecule has 0 aliphatic rings. The fraction of sp³-hybridized carbons (Fsp3) is 0.111. The maximum atomic E-state index is 12.6. The number of hydrogen-bond acceptors (Lipinski definition) is 0. The summed E-state index contributed by atoms with van der Waals surface area (Å²) in [5, 5.41) is 0. The molecular formula is C9H6BrF. The summed E-state index contributed by atoms with van der Waals surface area (Å²) >= 11 is 3.07. The molecule has 0 saturated heterocycles. The SMILES string of the molecule is CC#Cc1ccc(F)c(Br)c1. The number of hydrogen-bond donors (Lipinski definition) is 0. The van der Waals surface area contributed by atoms with Gasteiger partial charge in [-0.3, -0.25) is 0 Å². The van der Waals surface area contributed by atoms with Gasteiger partial charge in [-0.05, 0) is 41.1 Å². The molecule has 0 atom stereocenters. The van der Waals surface area contributed by atoms with Gasteiger partial charge < -0.3 is 0 Å². The zero-order chi connectivity index (χ0) is 8.27. The van der Waals surface area contributed by atoms with E-state index in [1.54, 1.807) is 19.1 Å². The lowest BCUT2D eigenvalue weighted by atomic mass is 10.2. The van der Waals surface area contributed by atoms with Gasteiger partial charge in [0.25, 0.3) is 0 Å². The average Bonchev–Trinajstić information content (AvgIpc) is 1.98. The predicted molar refractivity (Wildman–Crippen MR) is 46.7 cm³/mol. The normalized spacial score (nSPS) is 8.64. The standard InChI is InChI=1S/C9H6BrF/c1-2-3-7-4-5-9(11)8(10)6-7/h4-6H,1H3. The van der Waals surface area contributed by atoms with Gasteiger partial charge in [0, 0.05) is 5.56 Å². The highest BCUT2D eigenvalue weighted by molar-refractivity contribution is 9.10. The molecule has 0 aliphatic heterocycles. The maximum absolute atomic E-state index is 12.6. The van der Waals surface area contributed by atoms with E-state index in [1.807, 2.05) is 0 Å². The van der Waals surface area contributed by atoms with Crippen LogP contribution in [0.2, 0.25) is 0 Å². The fourth-order valence-electron chi connectivity index (χ4n) is 0.718. The third kappa shape index (κ3) is 2.06. The Bertz CT molecular complexity index is 320. The van der Waals surface area contributed by atoms with Crippen molar-refractivity contribution >= 4 is 15.9 Å². The molecule has 0 bridgehead atoms. The molecule has 0 unspecified atom stereocenters. The number of rotatable bonds is 0. The van der Waals surface area contributed by atoms with Gasteiger partial charge in [-0.25, -0.2) is 4.39 Å². The molecular weight excluding hydrogens is 207 g/mol. The lowest BCUT2D eigenvalue weighted by molar-refractivity contribution is 0.621. The summed E-state index contributed by atoms with van der Waals surface area (Å²) in [5.41, 5.74) is 0.820. The molecule has 2 heteroatoms. The smallest absolute Gasteiger partial charge is 0.137 e. The van der Waals surface area contributed by atoms with Gasteiger partial charge in [-0.2, -0.15) is 0 Å². The molecule has 11 heavy (non-hydrogen) atoms. The molecule has 0 radical (unpaired) electrons. The van der Waals surface area contributed by atoms with Crippen molar-refractivity contribution in [3.05, 3.63) is 34.1 Å². The minimum atomic E-state index is -0.258. The average molecular weight is 213 g/mol. The molecule has 0 saturated carbocycles. The van der Waals surface area contributed by atoms with Gasteiger partial charge in [-0.1, -0.05) is 5.92 Å². The van der Waals surface area contributed by atoms with Gasteiger partial charge in [0.15, 0.2) is 0 Å². The van der Waals surface area contributed by atoms with Crippen molar-refractivity contribution in [3.8, 4) is 11.8 Å². The first-order chi connectivity index (χ1) is 5.24. The van der Waals surface area contributed by atoms with Crippen LogP contribution in [0.4, 0.5) is 4.39 Å². The van der Waals surface area contributed by atoms with Crippen molar-refractivity contribution in [2.75, 3.05) is 0 Å². The molecule has 56 valence electrons. The second-order valence-electron chi connectivity index (χ2n) is 2.00. The number of benzene rings is 1. The van der Waals surface area contributed by atoms with E-state index in [9.17, 15) is 4.39 Å². The van der Waals surface area contributed by atoms with E-state index in [1.165, 1.54) is 6.07 Å². The van der Waals surface area contributed by atoms with Gasteiger partial charge in [0.2, 0.25) is 0 Å². The highest BCUT2D eigenvalue weighted by Gasteiger charge is 1.96. The summed E-state index contributed by atoms with van der Waals surface area (Å²) in [5.74, 6) is 5.31. The fourth-order valence-corrected chi connectivity index (χ4v) is 1.10. The molecule has 0 amide bonds. The Hall–Kier alpha value is -0.810. The quantitative estimate of drug-likeness (QED) is 0.581. The second-order valence-corrected chi connectivity index (χ2v) is 2.86. The van der Waals surface area contributed by atoms with Crippen LogP contribution in [0, 0.1) is 17.7 Å². The summed E-state index contributed by atoms with van der Waals surface area (Å²) in [7, 11) is 0. The Kier molecular flexibility index (Phi) is 2.67. The van der Waals surface area contributed by atoms with Crippen LogP contribution in [-0.2, 0) is 0 Å².